The maximum absolute atomic E-state index is 14.3. The average molecular weight is 350 g/mol. The molecule has 2 aliphatic rings. The third kappa shape index (κ3) is 2.38. The molecule has 2 heterocycles. The van der Waals surface area contributed by atoms with Crippen molar-refractivity contribution in [2.45, 2.75) is 26.3 Å². The molecule has 0 aliphatic carbocycles. The molecule has 5 heteroatoms. The molecule has 26 heavy (non-hydrogen) atoms. The van der Waals surface area contributed by atoms with Crippen molar-refractivity contribution in [3.05, 3.63) is 59.2 Å². The van der Waals surface area contributed by atoms with Gasteiger partial charge in [-0.15, -0.1) is 0 Å². The SMILES string of the molecule is CC1=CC(C)(C)Nc2ccc3c(c21)/C(=C/C#N)Oc1c(F)cc(F)cc1-3. The number of halogens is 2. The van der Waals surface area contributed by atoms with Crippen molar-refractivity contribution in [3.8, 4) is 22.9 Å². The fraction of sp³-hybridized carbons (Fsp3) is 0.190. The number of rotatable bonds is 0. The van der Waals surface area contributed by atoms with E-state index >= 15 is 0 Å². The Morgan fingerprint density at radius 2 is 1.92 bits per heavy atom. The van der Waals surface area contributed by atoms with Gasteiger partial charge >= 0.3 is 0 Å². The van der Waals surface area contributed by atoms with Crippen LogP contribution in [0.25, 0.3) is 22.5 Å². The topological polar surface area (TPSA) is 45.0 Å². The van der Waals surface area contributed by atoms with E-state index in [1.807, 2.05) is 19.1 Å². The van der Waals surface area contributed by atoms with E-state index in [1.54, 1.807) is 6.07 Å². The molecule has 0 bridgehead atoms. The zero-order valence-electron chi connectivity index (χ0n) is 14.6. The van der Waals surface area contributed by atoms with Crippen LogP contribution in [0.3, 0.4) is 0 Å². The number of ether oxygens (including phenoxy) is 1. The Morgan fingerprint density at radius 1 is 1.15 bits per heavy atom. The zero-order chi connectivity index (χ0) is 18.6. The van der Waals surface area contributed by atoms with Crippen molar-refractivity contribution < 1.29 is 13.5 Å². The molecule has 130 valence electrons. The normalized spacial score (nSPS) is 17.8. The van der Waals surface area contributed by atoms with E-state index in [1.165, 1.54) is 12.1 Å². The standard InChI is InChI=1S/C21H16F2N2O/c1-11-10-21(2,3)25-16-5-4-13-14-8-12(22)9-15(23)20(14)26-17(6-7-24)19(13)18(11)16/h4-6,8-10,25H,1-3H3/b17-6-. The number of nitrogens with zero attached hydrogens (tertiary/aromatic N) is 1. The summed E-state index contributed by atoms with van der Waals surface area (Å²) in [5, 5.41) is 12.6. The van der Waals surface area contributed by atoms with E-state index in [0.717, 1.165) is 22.9 Å². The van der Waals surface area contributed by atoms with Crippen molar-refractivity contribution in [2.75, 3.05) is 5.32 Å². The van der Waals surface area contributed by atoms with Crippen LogP contribution in [0.15, 0.2) is 36.4 Å². The highest BCUT2D eigenvalue weighted by Crippen LogP contribution is 2.49. The second-order valence-electron chi connectivity index (χ2n) is 7.09. The lowest BCUT2D eigenvalue weighted by atomic mass is 9.83. The number of nitriles is 1. The molecule has 0 saturated carbocycles. The van der Waals surface area contributed by atoms with Gasteiger partial charge in [0.15, 0.2) is 11.6 Å². The molecule has 0 aromatic heterocycles. The Labute approximate surface area is 150 Å². The van der Waals surface area contributed by atoms with Gasteiger partial charge in [-0.25, -0.2) is 8.78 Å². The van der Waals surface area contributed by atoms with Gasteiger partial charge in [0.05, 0.1) is 17.7 Å². The monoisotopic (exact) mass is 350 g/mol. The third-order valence-electron chi connectivity index (χ3n) is 4.59. The predicted molar refractivity (Wildman–Crippen MR) is 97.4 cm³/mol. The Hall–Kier alpha value is -3.13. The quantitative estimate of drug-likeness (QED) is 0.639. The molecule has 0 atom stereocenters. The van der Waals surface area contributed by atoms with Crippen LogP contribution < -0.4 is 10.1 Å². The summed E-state index contributed by atoms with van der Waals surface area (Å²) in [6.45, 7) is 6.09. The van der Waals surface area contributed by atoms with Gasteiger partial charge in [0.2, 0.25) is 0 Å². The van der Waals surface area contributed by atoms with E-state index in [9.17, 15) is 8.78 Å². The molecule has 0 saturated heterocycles. The van der Waals surface area contributed by atoms with E-state index in [0.29, 0.717) is 16.7 Å². The number of nitrogens with one attached hydrogen (secondary N) is 1. The lowest BCUT2D eigenvalue weighted by molar-refractivity contribution is 0.458. The first-order valence-corrected chi connectivity index (χ1v) is 8.23. The maximum Gasteiger partial charge on any atom is 0.171 e. The molecule has 4 rings (SSSR count). The molecule has 0 radical (unpaired) electrons. The first-order chi connectivity index (χ1) is 12.3. The summed E-state index contributed by atoms with van der Waals surface area (Å²) >= 11 is 0. The smallest absolute Gasteiger partial charge is 0.171 e. The fourth-order valence-corrected chi connectivity index (χ4v) is 3.78. The van der Waals surface area contributed by atoms with Crippen LogP contribution in [0.5, 0.6) is 5.75 Å². The van der Waals surface area contributed by atoms with Crippen LogP contribution >= 0.6 is 0 Å². The summed E-state index contributed by atoms with van der Waals surface area (Å²) in [6.07, 6.45) is 3.33. The fourth-order valence-electron chi connectivity index (χ4n) is 3.78. The molecular formula is C21H16F2N2O. The van der Waals surface area contributed by atoms with Gasteiger partial charge in [-0.1, -0.05) is 12.1 Å². The van der Waals surface area contributed by atoms with Gasteiger partial charge in [0.1, 0.15) is 11.6 Å². The van der Waals surface area contributed by atoms with Gasteiger partial charge in [-0.05, 0) is 44.0 Å². The molecule has 2 aliphatic heterocycles. The molecule has 2 aromatic carbocycles. The number of fused-ring (bicyclic) bond motifs is 5. The number of benzene rings is 2. The highest BCUT2D eigenvalue weighted by molar-refractivity contribution is 5.97. The van der Waals surface area contributed by atoms with Crippen molar-refractivity contribution in [2.24, 2.45) is 0 Å². The maximum atomic E-state index is 14.3. The van der Waals surface area contributed by atoms with Crippen molar-refractivity contribution >= 4 is 17.0 Å². The van der Waals surface area contributed by atoms with E-state index in [-0.39, 0.29) is 17.0 Å². The van der Waals surface area contributed by atoms with Gasteiger partial charge in [-0.2, -0.15) is 5.26 Å². The van der Waals surface area contributed by atoms with Crippen molar-refractivity contribution in [1.29, 1.82) is 5.26 Å². The minimum absolute atomic E-state index is 0.0638. The summed E-state index contributed by atoms with van der Waals surface area (Å²) in [7, 11) is 0. The molecule has 3 nitrogen and oxygen atoms in total. The summed E-state index contributed by atoms with van der Waals surface area (Å²) in [4.78, 5) is 0. The molecule has 1 N–H and O–H groups in total. The molecule has 0 amide bonds. The van der Waals surface area contributed by atoms with Gasteiger partial charge < -0.3 is 10.1 Å². The first kappa shape index (κ1) is 16.3. The lowest BCUT2D eigenvalue weighted by Crippen LogP contribution is -2.32. The highest BCUT2D eigenvalue weighted by Gasteiger charge is 2.32. The van der Waals surface area contributed by atoms with Crippen LogP contribution in [0.1, 0.15) is 31.9 Å². The molecule has 2 aromatic rings. The second kappa shape index (κ2) is 5.43. The van der Waals surface area contributed by atoms with Crippen LogP contribution in [-0.2, 0) is 0 Å². The van der Waals surface area contributed by atoms with Gasteiger partial charge in [0, 0.05) is 28.4 Å². The Morgan fingerprint density at radius 3 is 2.65 bits per heavy atom. The predicted octanol–water partition coefficient (Wildman–Crippen LogP) is 5.50. The summed E-state index contributed by atoms with van der Waals surface area (Å²) in [5.41, 5.74) is 4.19. The van der Waals surface area contributed by atoms with Crippen molar-refractivity contribution in [3.63, 3.8) is 0 Å². The molecule has 0 unspecified atom stereocenters. The molecular weight excluding hydrogens is 334 g/mol. The van der Waals surface area contributed by atoms with Crippen LogP contribution in [0.2, 0.25) is 0 Å². The van der Waals surface area contributed by atoms with E-state index < -0.39 is 11.6 Å². The largest absolute Gasteiger partial charge is 0.452 e. The number of hydrogen-bond donors (Lipinski definition) is 1. The van der Waals surface area contributed by atoms with Crippen LogP contribution in [0, 0.1) is 23.0 Å². The Kier molecular flexibility index (Phi) is 3.42. The minimum atomic E-state index is -0.793. The van der Waals surface area contributed by atoms with Crippen molar-refractivity contribution in [1.82, 2.24) is 0 Å². The van der Waals surface area contributed by atoms with Crippen LogP contribution in [-0.4, -0.2) is 5.54 Å². The number of anilines is 1. The minimum Gasteiger partial charge on any atom is -0.452 e. The first-order valence-electron chi connectivity index (χ1n) is 8.23. The zero-order valence-corrected chi connectivity index (χ0v) is 14.6. The van der Waals surface area contributed by atoms with Gasteiger partial charge in [-0.3, -0.25) is 0 Å². The molecule has 0 spiro atoms. The second-order valence-corrected chi connectivity index (χ2v) is 7.09. The lowest BCUT2D eigenvalue weighted by Gasteiger charge is -2.35. The third-order valence-corrected chi connectivity index (χ3v) is 4.59. The van der Waals surface area contributed by atoms with Crippen LogP contribution in [0.4, 0.5) is 14.5 Å². The summed E-state index contributed by atoms with van der Waals surface area (Å²) < 4.78 is 33.8. The Bertz CT molecular complexity index is 1060. The summed E-state index contributed by atoms with van der Waals surface area (Å²) in [5.74, 6) is -1.27. The summed E-state index contributed by atoms with van der Waals surface area (Å²) in [6, 6.07) is 7.69. The number of hydrogen-bond acceptors (Lipinski definition) is 3. The van der Waals surface area contributed by atoms with E-state index in [2.05, 4.69) is 25.2 Å². The highest BCUT2D eigenvalue weighted by atomic mass is 19.1. The van der Waals surface area contributed by atoms with Gasteiger partial charge in [0.25, 0.3) is 0 Å². The molecule has 0 fully saturated rings. The number of allylic oxidation sites excluding steroid dienone is 2. The Balaban J connectivity index is 2.09. The average Bonchev–Trinajstić information content (AvgIpc) is 2.54. The van der Waals surface area contributed by atoms with E-state index in [4.69, 9.17) is 10.00 Å².